The van der Waals surface area contributed by atoms with Gasteiger partial charge in [0.2, 0.25) is 10.0 Å². The minimum Gasteiger partial charge on any atom is -0.494 e. The van der Waals surface area contributed by atoms with Gasteiger partial charge in [-0.3, -0.25) is 0 Å². The summed E-state index contributed by atoms with van der Waals surface area (Å²) in [7, 11) is -2.23. The van der Waals surface area contributed by atoms with Crippen LogP contribution < -0.4 is 4.74 Å². The summed E-state index contributed by atoms with van der Waals surface area (Å²) in [5, 5.41) is 0. The van der Waals surface area contributed by atoms with Crippen molar-refractivity contribution in [1.82, 2.24) is 4.31 Å². The van der Waals surface area contributed by atoms with Gasteiger partial charge in [-0.1, -0.05) is 30.7 Å². The predicted molar refractivity (Wildman–Crippen MR) is 87.4 cm³/mol. The fourth-order valence-corrected chi connectivity index (χ4v) is 3.68. The molecule has 0 aromatic heterocycles. The standard InChI is InChI=1S/C17H20FNO3S/c1-4-19(12-14-7-10-17(22-3)16(18)11-14)23(20,21)15-8-5-13(2)6-9-15/h5-11H,4,12H2,1-3H3. The summed E-state index contributed by atoms with van der Waals surface area (Å²) in [5.41, 5.74) is 1.56. The molecule has 0 amide bonds. The fraction of sp³-hybridized carbons (Fsp3) is 0.294. The Morgan fingerprint density at radius 3 is 2.30 bits per heavy atom. The van der Waals surface area contributed by atoms with Crippen LogP contribution in [0.2, 0.25) is 0 Å². The van der Waals surface area contributed by atoms with Crippen LogP contribution in [0.1, 0.15) is 18.1 Å². The Hall–Kier alpha value is -1.92. The number of sulfonamides is 1. The van der Waals surface area contributed by atoms with Gasteiger partial charge >= 0.3 is 0 Å². The summed E-state index contributed by atoms with van der Waals surface area (Å²) in [6.45, 7) is 4.05. The van der Waals surface area contributed by atoms with Gasteiger partial charge in [-0.05, 0) is 36.8 Å². The molecule has 0 heterocycles. The molecule has 23 heavy (non-hydrogen) atoms. The highest BCUT2D eigenvalue weighted by atomic mass is 32.2. The van der Waals surface area contributed by atoms with Crippen molar-refractivity contribution in [3.63, 3.8) is 0 Å². The molecule has 0 saturated carbocycles. The van der Waals surface area contributed by atoms with E-state index in [9.17, 15) is 12.8 Å². The first-order valence-electron chi connectivity index (χ1n) is 7.27. The molecular formula is C17H20FNO3S. The van der Waals surface area contributed by atoms with Gasteiger partial charge in [0.25, 0.3) is 0 Å². The van der Waals surface area contributed by atoms with E-state index >= 15 is 0 Å². The highest BCUT2D eigenvalue weighted by molar-refractivity contribution is 7.89. The zero-order chi connectivity index (χ0) is 17.0. The highest BCUT2D eigenvalue weighted by Crippen LogP contribution is 2.22. The number of methoxy groups -OCH3 is 1. The Labute approximate surface area is 136 Å². The maximum absolute atomic E-state index is 13.8. The molecule has 0 atom stereocenters. The summed E-state index contributed by atoms with van der Waals surface area (Å²) in [4.78, 5) is 0.235. The second-order valence-electron chi connectivity index (χ2n) is 5.21. The lowest BCUT2D eigenvalue weighted by molar-refractivity contribution is 0.384. The van der Waals surface area contributed by atoms with E-state index in [0.29, 0.717) is 12.1 Å². The summed E-state index contributed by atoms with van der Waals surface area (Å²) >= 11 is 0. The van der Waals surface area contributed by atoms with Crippen molar-refractivity contribution >= 4 is 10.0 Å². The van der Waals surface area contributed by atoms with Gasteiger partial charge in [-0.15, -0.1) is 0 Å². The molecule has 0 radical (unpaired) electrons. The second-order valence-corrected chi connectivity index (χ2v) is 7.15. The lowest BCUT2D eigenvalue weighted by Crippen LogP contribution is -2.30. The number of rotatable bonds is 6. The third kappa shape index (κ3) is 3.89. The van der Waals surface area contributed by atoms with Gasteiger partial charge in [0.1, 0.15) is 0 Å². The number of hydrogen-bond acceptors (Lipinski definition) is 3. The number of hydrogen-bond donors (Lipinski definition) is 0. The lowest BCUT2D eigenvalue weighted by Gasteiger charge is -2.21. The molecule has 0 spiro atoms. The van der Waals surface area contributed by atoms with E-state index in [1.54, 1.807) is 37.3 Å². The van der Waals surface area contributed by atoms with E-state index in [1.807, 2.05) is 6.92 Å². The molecule has 124 valence electrons. The molecule has 2 aromatic rings. The van der Waals surface area contributed by atoms with Gasteiger partial charge in [-0.2, -0.15) is 4.31 Å². The molecule has 0 N–H and O–H groups in total. The molecule has 0 saturated heterocycles. The van der Waals surface area contributed by atoms with Crippen molar-refractivity contribution in [2.24, 2.45) is 0 Å². The zero-order valence-corrected chi connectivity index (χ0v) is 14.2. The molecule has 0 unspecified atom stereocenters. The lowest BCUT2D eigenvalue weighted by atomic mass is 10.2. The fourth-order valence-electron chi connectivity index (χ4n) is 2.24. The van der Waals surface area contributed by atoms with Crippen LogP contribution >= 0.6 is 0 Å². The summed E-state index contributed by atoms with van der Waals surface area (Å²) in [6, 6.07) is 11.1. The van der Waals surface area contributed by atoms with Crippen molar-refractivity contribution in [3.05, 3.63) is 59.4 Å². The second kappa shape index (κ2) is 7.10. The molecule has 0 aliphatic heterocycles. The zero-order valence-electron chi connectivity index (χ0n) is 13.4. The first-order valence-corrected chi connectivity index (χ1v) is 8.71. The van der Waals surface area contributed by atoms with E-state index in [4.69, 9.17) is 4.74 Å². The number of ether oxygens (including phenoxy) is 1. The Morgan fingerprint density at radius 1 is 1.13 bits per heavy atom. The van der Waals surface area contributed by atoms with E-state index in [2.05, 4.69) is 0 Å². The van der Waals surface area contributed by atoms with Crippen molar-refractivity contribution in [3.8, 4) is 5.75 Å². The van der Waals surface area contributed by atoms with Crippen molar-refractivity contribution in [2.45, 2.75) is 25.3 Å². The van der Waals surface area contributed by atoms with Crippen LogP contribution in [0.25, 0.3) is 0 Å². The van der Waals surface area contributed by atoms with Crippen LogP contribution in [0.4, 0.5) is 4.39 Å². The van der Waals surface area contributed by atoms with Crippen LogP contribution in [0, 0.1) is 12.7 Å². The molecule has 0 aliphatic rings. The predicted octanol–water partition coefficient (Wildman–Crippen LogP) is 3.35. The Kier molecular flexibility index (Phi) is 5.38. The first-order chi connectivity index (χ1) is 10.9. The molecule has 0 fully saturated rings. The van der Waals surface area contributed by atoms with E-state index in [0.717, 1.165) is 5.56 Å². The van der Waals surface area contributed by atoms with E-state index in [1.165, 1.54) is 23.5 Å². The van der Waals surface area contributed by atoms with Crippen molar-refractivity contribution in [1.29, 1.82) is 0 Å². The molecular weight excluding hydrogens is 317 g/mol. The summed E-state index contributed by atoms with van der Waals surface area (Å²) in [6.07, 6.45) is 0. The maximum atomic E-state index is 13.8. The third-order valence-corrected chi connectivity index (χ3v) is 5.52. The summed E-state index contributed by atoms with van der Waals surface area (Å²) in [5.74, 6) is -0.369. The number of nitrogens with zero attached hydrogens (tertiary/aromatic N) is 1. The average molecular weight is 337 g/mol. The van der Waals surface area contributed by atoms with Crippen LogP contribution in [-0.4, -0.2) is 26.4 Å². The molecule has 2 rings (SSSR count). The SMILES string of the molecule is CCN(Cc1ccc(OC)c(F)c1)S(=O)(=O)c1ccc(C)cc1. The third-order valence-electron chi connectivity index (χ3n) is 3.59. The van der Waals surface area contributed by atoms with Gasteiger partial charge in [0.15, 0.2) is 11.6 Å². The minimum atomic E-state index is -3.61. The van der Waals surface area contributed by atoms with Crippen LogP contribution in [-0.2, 0) is 16.6 Å². The minimum absolute atomic E-state index is 0.105. The molecule has 4 nitrogen and oxygen atoms in total. The molecule has 0 aliphatic carbocycles. The monoisotopic (exact) mass is 337 g/mol. The average Bonchev–Trinajstić information content (AvgIpc) is 2.53. The number of halogens is 1. The largest absolute Gasteiger partial charge is 0.494 e. The molecule has 6 heteroatoms. The smallest absolute Gasteiger partial charge is 0.243 e. The molecule has 0 bridgehead atoms. The van der Waals surface area contributed by atoms with E-state index in [-0.39, 0.29) is 17.2 Å². The van der Waals surface area contributed by atoms with Gasteiger partial charge in [0, 0.05) is 13.1 Å². The van der Waals surface area contributed by atoms with Gasteiger partial charge in [-0.25, -0.2) is 12.8 Å². The van der Waals surface area contributed by atoms with Crippen molar-refractivity contribution < 1.29 is 17.5 Å². The van der Waals surface area contributed by atoms with Gasteiger partial charge < -0.3 is 4.74 Å². The molecule has 2 aromatic carbocycles. The summed E-state index contributed by atoms with van der Waals surface area (Å²) < 4.78 is 45.4. The van der Waals surface area contributed by atoms with Crippen LogP contribution in [0.5, 0.6) is 5.75 Å². The van der Waals surface area contributed by atoms with Crippen LogP contribution in [0.3, 0.4) is 0 Å². The number of aryl methyl sites for hydroxylation is 1. The van der Waals surface area contributed by atoms with Crippen LogP contribution in [0.15, 0.2) is 47.4 Å². The Balaban J connectivity index is 2.28. The van der Waals surface area contributed by atoms with Crippen molar-refractivity contribution in [2.75, 3.05) is 13.7 Å². The van der Waals surface area contributed by atoms with E-state index < -0.39 is 15.8 Å². The Bertz CT molecular complexity index is 773. The van der Waals surface area contributed by atoms with Gasteiger partial charge in [0.05, 0.1) is 12.0 Å². The maximum Gasteiger partial charge on any atom is 0.243 e. The quantitative estimate of drug-likeness (QED) is 0.812. The normalized spacial score (nSPS) is 11.7. The highest BCUT2D eigenvalue weighted by Gasteiger charge is 2.23. The topological polar surface area (TPSA) is 46.6 Å². The Morgan fingerprint density at radius 2 is 1.78 bits per heavy atom. The number of benzene rings is 2. The first kappa shape index (κ1) is 17.4.